The van der Waals surface area contributed by atoms with Gasteiger partial charge < -0.3 is 0 Å². The molecule has 0 radical (unpaired) electrons. The minimum Gasteiger partial charge on any atom is -0.295 e. The van der Waals surface area contributed by atoms with Gasteiger partial charge in [-0.15, -0.1) is 11.3 Å². The first-order valence-corrected chi connectivity index (χ1v) is 5.05. The third-order valence-corrected chi connectivity index (χ3v) is 3.35. The molecular weight excluding hydrogens is 170 g/mol. The molecule has 0 aliphatic heterocycles. The Morgan fingerprint density at radius 3 is 2.75 bits per heavy atom. The predicted octanol–water partition coefficient (Wildman–Crippen LogP) is 2.53. The Morgan fingerprint density at radius 1 is 1.58 bits per heavy atom. The largest absolute Gasteiger partial charge is 0.295 e. The smallest absolute Gasteiger partial charge is 0.178 e. The molecule has 1 aliphatic rings. The molecule has 0 amide bonds. The third kappa shape index (κ3) is 1.18. The summed E-state index contributed by atoms with van der Waals surface area (Å²) < 4.78 is 0. The maximum Gasteiger partial charge on any atom is 0.178 e. The lowest BCUT2D eigenvalue weighted by atomic mass is 9.82. The van der Waals surface area contributed by atoms with Crippen LogP contribution >= 0.6 is 11.3 Å². The minimum absolute atomic E-state index is 0.634. The summed E-state index contributed by atoms with van der Waals surface area (Å²) in [5, 5.41) is 0.634. The van der Waals surface area contributed by atoms with E-state index in [1.807, 2.05) is 0 Å². The first-order valence-electron chi connectivity index (χ1n) is 4.24. The summed E-state index contributed by atoms with van der Waals surface area (Å²) in [4.78, 5) is 16.0. The molecule has 1 aromatic heterocycles. The number of thiazole rings is 1. The van der Waals surface area contributed by atoms with E-state index in [9.17, 15) is 4.79 Å². The van der Waals surface area contributed by atoms with Crippen LogP contribution in [-0.2, 0) is 0 Å². The fourth-order valence-corrected chi connectivity index (χ4v) is 2.36. The first-order chi connectivity index (χ1) is 5.81. The van der Waals surface area contributed by atoms with Gasteiger partial charge in [0.2, 0.25) is 0 Å². The number of nitrogens with zero attached hydrogens (tertiary/aromatic N) is 1. The highest BCUT2D eigenvalue weighted by atomic mass is 32.1. The lowest BCUT2D eigenvalue weighted by molar-refractivity contribution is 0.112. The number of carbonyl (C=O) groups excluding carboxylic acids is 1. The average molecular weight is 181 g/mol. The summed E-state index contributed by atoms with van der Waals surface area (Å²) in [5.41, 5.74) is 1.17. The van der Waals surface area contributed by atoms with Gasteiger partial charge in [0.1, 0.15) is 0 Å². The van der Waals surface area contributed by atoms with E-state index >= 15 is 0 Å². The topological polar surface area (TPSA) is 30.0 Å². The molecule has 1 aromatic rings. The quantitative estimate of drug-likeness (QED) is 0.656. The van der Waals surface area contributed by atoms with Crippen molar-refractivity contribution >= 4 is 17.6 Å². The second kappa shape index (κ2) is 2.98. The van der Waals surface area contributed by atoms with Crippen LogP contribution in [0.15, 0.2) is 0 Å². The summed E-state index contributed by atoms with van der Waals surface area (Å²) in [7, 11) is 0. The van der Waals surface area contributed by atoms with Crippen LogP contribution in [0.4, 0.5) is 0 Å². The van der Waals surface area contributed by atoms with E-state index in [2.05, 4.69) is 11.9 Å². The summed E-state index contributed by atoms with van der Waals surface area (Å²) in [6.07, 6.45) is 4.67. The molecule has 1 heterocycles. The van der Waals surface area contributed by atoms with Crippen molar-refractivity contribution in [1.82, 2.24) is 4.98 Å². The summed E-state index contributed by atoms with van der Waals surface area (Å²) >= 11 is 1.51. The van der Waals surface area contributed by atoms with Crippen molar-refractivity contribution in [2.45, 2.75) is 32.1 Å². The molecule has 1 aliphatic carbocycles. The van der Waals surface area contributed by atoms with Gasteiger partial charge in [0.15, 0.2) is 11.3 Å². The molecule has 3 heteroatoms. The molecule has 0 unspecified atom stereocenters. The van der Waals surface area contributed by atoms with E-state index in [0.29, 0.717) is 10.9 Å². The highest BCUT2D eigenvalue weighted by Gasteiger charge is 2.24. The fraction of sp³-hybridized carbons (Fsp3) is 0.556. The molecule has 0 spiro atoms. The van der Waals surface area contributed by atoms with Crippen LogP contribution < -0.4 is 0 Å². The lowest BCUT2D eigenvalue weighted by Crippen LogP contribution is -2.10. The molecule has 0 aromatic carbocycles. The molecular formula is C9H11NOS. The molecule has 12 heavy (non-hydrogen) atoms. The number of hydrogen-bond acceptors (Lipinski definition) is 3. The van der Waals surface area contributed by atoms with Gasteiger partial charge >= 0.3 is 0 Å². The number of aldehydes is 1. The maximum atomic E-state index is 10.4. The Hall–Kier alpha value is -0.700. The van der Waals surface area contributed by atoms with Crippen LogP contribution in [0, 0.1) is 6.92 Å². The van der Waals surface area contributed by atoms with Crippen molar-refractivity contribution in [3.05, 3.63) is 15.6 Å². The zero-order chi connectivity index (χ0) is 8.55. The molecule has 2 nitrogen and oxygen atoms in total. The van der Waals surface area contributed by atoms with Crippen molar-refractivity contribution in [2.75, 3.05) is 0 Å². The molecule has 1 fully saturated rings. The van der Waals surface area contributed by atoms with Gasteiger partial charge in [-0.1, -0.05) is 6.42 Å². The maximum absolute atomic E-state index is 10.4. The fourth-order valence-electron chi connectivity index (χ4n) is 1.54. The second-order valence-corrected chi connectivity index (χ2v) is 4.47. The molecule has 0 atom stereocenters. The third-order valence-electron chi connectivity index (χ3n) is 2.44. The van der Waals surface area contributed by atoms with Crippen molar-refractivity contribution in [3.8, 4) is 0 Å². The van der Waals surface area contributed by atoms with Gasteiger partial charge in [0.05, 0.1) is 5.69 Å². The van der Waals surface area contributed by atoms with Crippen molar-refractivity contribution < 1.29 is 4.79 Å². The van der Waals surface area contributed by atoms with E-state index < -0.39 is 0 Å². The molecule has 64 valence electrons. The molecule has 0 N–H and O–H groups in total. The molecule has 0 saturated heterocycles. The Bertz CT molecular complexity index is 301. The van der Waals surface area contributed by atoms with Gasteiger partial charge in [-0.25, -0.2) is 4.98 Å². The van der Waals surface area contributed by atoms with Crippen LogP contribution in [0.3, 0.4) is 0 Å². The van der Waals surface area contributed by atoms with Crippen LogP contribution in [-0.4, -0.2) is 11.3 Å². The summed E-state index contributed by atoms with van der Waals surface area (Å²) in [6, 6.07) is 0. The van der Waals surface area contributed by atoms with E-state index in [1.165, 1.54) is 41.2 Å². The summed E-state index contributed by atoms with van der Waals surface area (Å²) in [5.74, 6) is 0.648. The number of hydrogen-bond donors (Lipinski definition) is 0. The summed E-state index contributed by atoms with van der Waals surface area (Å²) in [6.45, 7) is 2.05. The molecule has 1 saturated carbocycles. The van der Waals surface area contributed by atoms with E-state index in [4.69, 9.17) is 0 Å². The number of carbonyl (C=O) groups is 1. The second-order valence-electron chi connectivity index (χ2n) is 3.24. The Morgan fingerprint density at radius 2 is 2.33 bits per heavy atom. The Balaban J connectivity index is 2.29. The van der Waals surface area contributed by atoms with Gasteiger partial charge in [0.25, 0.3) is 0 Å². The standard InChI is InChI=1S/C9H11NOS/c1-6-9(7-3-2-4-7)10-8(5-11)12-6/h5,7H,2-4H2,1H3. The Kier molecular flexibility index (Phi) is 1.97. The number of aromatic nitrogens is 1. The van der Waals surface area contributed by atoms with Gasteiger partial charge in [-0.3, -0.25) is 4.79 Å². The zero-order valence-corrected chi connectivity index (χ0v) is 7.86. The average Bonchev–Trinajstić information content (AvgIpc) is 2.29. The van der Waals surface area contributed by atoms with Crippen LogP contribution in [0.25, 0.3) is 0 Å². The van der Waals surface area contributed by atoms with Crippen LogP contribution in [0.2, 0.25) is 0 Å². The van der Waals surface area contributed by atoms with Gasteiger partial charge in [0, 0.05) is 10.8 Å². The first kappa shape index (κ1) is 7.92. The molecule has 0 bridgehead atoms. The van der Waals surface area contributed by atoms with Crippen molar-refractivity contribution in [1.29, 1.82) is 0 Å². The van der Waals surface area contributed by atoms with E-state index in [-0.39, 0.29) is 0 Å². The number of aryl methyl sites for hydroxylation is 1. The number of rotatable bonds is 2. The van der Waals surface area contributed by atoms with Crippen molar-refractivity contribution in [2.24, 2.45) is 0 Å². The monoisotopic (exact) mass is 181 g/mol. The molecule has 2 rings (SSSR count). The minimum atomic E-state index is 0.634. The van der Waals surface area contributed by atoms with E-state index in [1.54, 1.807) is 0 Å². The van der Waals surface area contributed by atoms with Gasteiger partial charge in [-0.05, 0) is 19.8 Å². The van der Waals surface area contributed by atoms with Gasteiger partial charge in [-0.2, -0.15) is 0 Å². The van der Waals surface area contributed by atoms with Crippen LogP contribution in [0.1, 0.15) is 45.6 Å². The SMILES string of the molecule is Cc1sc(C=O)nc1C1CCC1. The van der Waals surface area contributed by atoms with Crippen LogP contribution in [0.5, 0.6) is 0 Å². The lowest BCUT2D eigenvalue weighted by Gasteiger charge is -2.23. The zero-order valence-electron chi connectivity index (χ0n) is 7.04. The highest BCUT2D eigenvalue weighted by Crippen LogP contribution is 2.38. The predicted molar refractivity (Wildman–Crippen MR) is 48.8 cm³/mol. The highest BCUT2D eigenvalue weighted by molar-refractivity contribution is 7.13. The van der Waals surface area contributed by atoms with Crippen molar-refractivity contribution in [3.63, 3.8) is 0 Å². The normalized spacial score (nSPS) is 17.4. The van der Waals surface area contributed by atoms with E-state index in [0.717, 1.165) is 6.29 Å². The Labute approximate surface area is 75.6 Å².